The number of hydrogen-bond acceptors (Lipinski definition) is 5. The Kier molecular flexibility index (Phi) is 6.11. The molecule has 35 heavy (non-hydrogen) atoms. The van der Waals surface area contributed by atoms with E-state index in [2.05, 4.69) is 36.4 Å². The number of fused-ring (bicyclic) bond motifs is 1. The monoisotopic (exact) mass is 580 g/mol. The molecule has 0 bridgehead atoms. The summed E-state index contributed by atoms with van der Waals surface area (Å²) in [5, 5.41) is 10.7. The zero-order valence-electron chi connectivity index (χ0n) is 17.4. The number of carbonyl (C=O) groups is 1. The number of aromatic nitrogens is 5. The molecule has 1 N–H and O–H groups in total. The minimum atomic E-state index is -4.71. The number of nitrogens with zero attached hydrogens (tertiary/aromatic N) is 5. The van der Waals surface area contributed by atoms with Crippen molar-refractivity contribution in [2.45, 2.75) is 12.7 Å². The highest BCUT2D eigenvalue weighted by atomic mass is 79.9. The smallest absolute Gasteiger partial charge is 0.321 e. The van der Waals surface area contributed by atoms with Crippen LogP contribution in [0.4, 0.5) is 18.9 Å². The maximum atomic E-state index is 13.8. The van der Waals surface area contributed by atoms with Gasteiger partial charge in [-0.25, -0.2) is 9.50 Å². The van der Waals surface area contributed by atoms with Crippen molar-refractivity contribution in [2.75, 3.05) is 5.32 Å². The van der Waals surface area contributed by atoms with Gasteiger partial charge in [-0.3, -0.25) is 9.48 Å². The molecule has 0 aliphatic carbocycles. The lowest BCUT2D eigenvalue weighted by Crippen LogP contribution is -2.15. The molecule has 5 aromatic rings. The molecule has 0 aliphatic heterocycles. The zero-order chi connectivity index (χ0) is 24.7. The van der Waals surface area contributed by atoms with Crippen molar-refractivity contribution in [1.82, 2.24) is 24.4 Å². The average molecular weight is 582 g/mol. The summed E-state index contributed by atoms with van der Waals surface area (Å²) in [7, 11) is 0. The van der Waals surface area contributed by atoms with Crippen molar-refractivity contribution in [3.63, 3.8) is 0 Å². The van der Waals surface area contributed by atoms with Gasteiger partial charge in [0.2, 0.25) is 0 Å². The third-order valence-electron chi connectivity index (χ3n) is 4.93. The first-order valence-electron chi connectivity index (χ1n) is 9.98. The lowest BCUT2D eigenvalue weighted by atomic mass is 10.2. The molecular formula is C22H13BrClF3N6OS. The topological polar surface area (TPSA) is 77.1 Å². The van der Waals surface area contributed by atoms with Gasteiger partial charge in [0.15, 0.2) is 17.0 Å². The number of alkyl halides is 3. The van der Waals surface area contributed by atoms with E-state index in [0.717, 1.165) is 27.4 Å². The third-order valence-corrected chi connectivity index (χ3v) is 6.60. The predicted octanol–water partition coefficient (Wildman–Crippen LogP) is 6.39. The summed E-state index contributed by atoms with van der Waals surface area (Å²) in [4.78, 5) is 17.5. The predicted molar refractivity (Wildman–Crippen MR) is 130 cm³/mol. The second-order valence-electron chi connectivity index (χ2n) is 7.43. The molecule has 0 radical (unpaired) electrons. The largest absolute Gasteiger partial charge is 0.433 e. The molecule has 0 atom stereocenters. The number of halogens is 5. The van der Waals surface area contributed by atoms with Crippen LogP contribution in [0, 0.1) is 0 Å². The van der Waals surface area contributed by atoms with Crippen LogP contribution in [0.1, 0.15) is 21.7 Å². The van der Waals surface area contributed by atoms with Gasteiger partial charge in [-0.05, 0) is 51.8 Å². The molecule has 0 spiro atoms. The summed E-state index contributed by atoms with van der Waals surface area (Å²) in [5.74, 6) is -0.659. The Bertz CT molecular complexity index is 1540. The number of carbonyl (C=O) groups excluding carboxylic acids is 1. The summed E-state index contributed by atoms with van der Waals surface area (Å²) >= 11 is 10.4. The van der Waals surface area contributed by atoms with Crippen LogP contribution in [0.5, 0.6) is 0 Å². The number of anilines is 1. The van der Waals surface area contributed by atoms with E-state index in [-0.39, 0.29) is 17.0 Å². The molecular weight excluding hydrogens is 569 g/mol. The molecule has 0 unspecified atom stereocenters. The van der Waals surface area contributed by atoms with Gasteiger partial charge in [0.25, 0.3) is 5.91 Å². The third kappa shape index (κ3) is 5.09. The highest BCUT2D eigenvalue weighted by Gasteiger charge is 2.35. The van der Waals surface area contributed by atoms with E-state index in [1.165, 1.54) is 6.07 Å². The summed E-state index contributed by atoms with van der Waals surface area (Å²) in [6.45, 7) is 0.538. The summed E-state index contributed by atoms with van der Waals surface area (Å²) in [5.41, 5.74) is 0.158. The van der Waals surface area contributed by atoms with Crippen molar-refractivity contribution in [3.05, 3.63) is 86.7 Å². The fraction of sp³-hybridized carbons (Fsp3) is 0.0909. The zero-order valence-corrected chi connectivity index (χ0v) is 20.6. The number of benzene rings is 1. The second-order valence-corrected chi connectivity index (χ2v) is 10.1. The van der Waals surface area contributed by atoms with Crippen LogP contribution < -0.4 is 5.32 Å². The SMILES string of the molecule is O=C(Nc1ccc(Cn2cc(Br)cn2)cc1)c1cc2nc(-c3ccc(Cl)s3)cc(C(F)(F)F)n2n1. The minimum absolute atomic E-state index is 0.0911. The van der Waals surface area contributed by atoms with Gasteiger partial charge in [0, 0.05) is 18.0 Å². The summed E-state index contributed by atoms with van der Waals surface area (Å²) in [6.07, 6.45) is -1.20. The van der Waals surface area contributed by atoms with Crippen LogP contribution in [0.25, 0.3) is 16.2 Å². The average Bonchev–Trinajstić information content (AvgIpc) is 3.53. The maximum absolute atomic E-state index is 13.8. The number of hydrogen-bond donors (Lipinski definition) is 1. The van der Waals surface area contributed by atoms with Crippen molar-refractivity contribution in [2.24, 2.45) is 0 Å². The molecule has 0 fully saturated rings. The van der Waals surface area contributed by atoms with Gasteiger partial charge in [-0.15, -0.1) is 11.3 Å². The highest BCUT2D eigenvalue weighted by Crippen LogP contribution is 2.35. The van der Waals surface area contributed by atoms with Crippen molar-refractivity contribution < 1.29 is 18.0 Å². The number of thiophene rings is 1. The molecule has 13 heteroatoms. The Morgan fingerprint density at radius 3 is 2.54 bits per heavy atom. The Hall–Kier alpha value is -3.22. The van der Waals surface area contributed by atoms with Crippen molar-refractivity contribution in [1.29, 1.82) is 0 Å². The van der Waals surface area contributed by atoms with Crippen LogP contribution >= 0.6 is 38.9 Å². The number of amides is 1. The summed E-state index contributed by atoms with van der Waals surface area (Å²) in [6, 6.07) is 12.3. The van der Waals surface area contributed by atoms with Gasteiger partial charge in [-0.1, -0.05) is 23.7 Å². The Balaban J connectivity index is 1.40. The quantitative estimate of drug-likeness (QED) is 0.261. The lowest BCUT2D eigenvalue weighted by Gasteiger charge is -2.10. The first kappa shape index (κ1) is 23.5. The molecule has 4 aromatic heterocycles. The first-order chi connectivity index (χ1) is 16.7. The normalized spacial score (nSPS) is 11.8. The van der Waals surface area contributed by atoms with Crippen LogP contribution in [-0.4, -0.2) is 30.3 Å². The molecule has 1 aromatic carbocycles. The summed E-state index contributed by atoms with van der Waals surface area (Å²) < 4.78 is 44.9. The van der Waals surface area contributed by atoms with Crippen LogP contribution in [0.2, 0.25) is 4.34 Å². The van der Waals surface area contributed by atoms with Crippen molar-refractivity contribution in [3.8, 4) is 10.6 Å². The van der Waals surface area contributed by atoms with Crippen molar-refractivity contribution >= 4 is 56.1 Å². The highest BCUT2D eigenvalue weighted by molar-refractivity contribution is 9.10. The van der Waals surface area contributed by atoms with Gasteiger partial charge in [-0.2, -0.15) is 23.4 Å². The van der Waals surface area contributed by atoms with Crippen LogP contribution in [0.3, 0.4) is 0 Å². The number of rotatable bonds is 5. The fourth-order valence-corrected chi connectivity index (χ4v) is 4.70. The molecule has 0 aliphatic rings. The minimum Gasteiger partial charge on any atom is -0.321 e. The second kappa shape index (κ2) is 9.10. The van der Waals surface area contributed by atoms with Gasteiger partial charge < -0.3 is 5.32 Å². The Labute approximate surface area is 213 Å². The fourth-order valence-electron chi connectivity index (χ4n) is 3.37. The van der Waals surface area contributed by atoms with Gasteiger partial charge >= 0.3 is 6.18 Å². The Morgan fingerprint density at radius 1 is 1.14 bits per heavy atom. The molecule has 0 saturated carbocycles. The van der Waals surface area contributed by atoms with Crippen LogP contribution in [-0.2, 0) is 12.7 Å². The molecule has 5 rings (SSSR count). The van der Waals surface area contributed by atoms with Gasteiger partial charge in [0.1, 0.15) is 0 Å². The van der Waals surface area contributed by atoms with Crippen LogP contribution in [0.15, 0.2) is 65.4 Å². The molecule has 7 nitrogen and oxygen atoms in total. The Morgan fingerprint density at radius 2 is 1.91 bits per heavy atom. The maximum Gasteiger partial charge on any atom is 0.433 e. The molecule has 178 valence electrons. The van der Waals surface area contributed by atoms with E-state index < -0.39 is 17.8 Å². The molecule has 0 saturated heterocycles. The van der Waals surface area contributed by atoms with E-state index in [1.807, 2.05) is 18.3 Å². The van der Waals surface area contributed by atoms with E-state index >= 15 is 0 Å². The van der Waals surface area contributed by atoms with E-state index in [0.29, 0.717) is 26.0 Å². The van der Waals surface area contributed by atoms with E-state index in [9.17, 15) is 18.0 Å². The lowest BCUT2D eigenvalue weighted by molar-refractivity contribution is -0.142. The first-order valence-corrected chi connectivity index (χ1v) is 12.0. The van der Waals surface area contributed by atoms with Gasteiger partial charge in [0.05, 0.1) is 32.1 Å². The molecule has 1 amide bonds. The molecule has 4 heterocycles. The number of nitrogens with one attached hydrogen (secondary N) is 1. The van der Waals surface area contributed by atoms with E-state index in [4.69, 9.17) is 11.6 Å². The standard InChI is InChI=1S/C22H13BrClF3N6OS/c23-13-9-28-32(11-13)10-12-1-3-14(4-2-12)29-21(34)16-8-20-30-15(17-5-6-19(24)35-17)7-18(22(25,26)27)33(20)31-16/h1-9,11H,10H2,(H,29,34). The van der Waals surface area contributed by atoms with E-state index in [1.54, 1.807) is 35.1 Å².